The predicted octanol–water partition coefficient (Wildman–Crippen LogP) is 2.50. The van der Waals surface area contributed by atoms with Crippen LogP contribution in [0.4, 0.5) is 4.39 Å². The van der Waals surface area contributed by atoms with Crippen molar-refractivity contribution < 1.29 is 23.5 Å². The molecular weight excluding hydrogens is 351 g/mol. The Morgan fingerprint density at radius 3 is 2.26 bits per heavy atom. The molecule has 7 heteroatoms. The molecule has 0 bridgehead atoms. The van der Waals surface area contributed by atoms with Gasteiger partial charge < -0.3 is 15.4 Å². The zero-order valence-corrected chi connectivity index (χ0v) is 16.2. The Morgan fingerprint density at radius 1 is 1.04 bits per heavy atom. The van der Waals surface area contributed by atoms with Crippen molar-refractivity contribution >= 4 is 17.8 Å². The predicted molar refractivity (Wildman–Crippen MR) is 100 cm³/mol. The van der Waals surface area contributed by atoms with Crippen LogP contribution in [0.2, 0.25) is 0 Å². The molecule has 0 fully saturated rings. The maximum atomic E-state index is 13.1. The van der Waals surface area contributed by atoms with Crippen LogP contribution in [-0.4, -0.2) is 37.0 Å². The molecule has 1 rings (SSSR count). The lowest BCUT2D eigenvalue weighted by molar-refractivity contribution is -0.145. The molecule has 0 spiro atoms. The minimum Gasteiger partial charge on any atom is -0.467 e. The van der Waals surface area contributed by atoms with Crippen molar-refractivity contribution in [2.45, 2.75) is 64.5 Å². The topological polar surface area (TPSA) is 84.5 Å². The number of esters is 1. The molecule has 0 saturated carbocycles. The van der Waals surface area contributed by atoms with Crippen LogP contribution >= 0.6 is 0 Å². The van der Waals surface area contributed by atoms with Gasteiger partial charge in [0, 0.05) is 13.3 Å². The molecule has 2 atom stereocenters. The number of unbranched alkanes of at least 4 members (excludes halogenated alkanes) is 3. The average Bonchev–Trinajstić information content (AvgIpc) is 2.64. The largest absolute Gasteiger partial charge is 0.467 e. The van der Waals surface area contributed by atoms with Crippen molar-refractivity contribution in [1.82, 2.24) is 10.6 Å². The lowest BCUT2D eigenvalue weighted by Gasteiger charge is -2.22. The molecule has 0 aliphatic carbocycles. The number of benzene rings is 1. The molecule has 27 heavy (non-hydrogen) atoms. The van der Waals surface area contributed by atoms with Gasteiger partial charge in [-0.1, -0.05) is 44.7 Å². The first-order valence-electron chi connectivity index (χ1n) is 9.27. The van der Waals surface area contributed by atoms with Crippen LogP contribution in [0.3, 0.4) is 0 Å². The summed E-state index contributed by atoms with van der Waals surface area (Å²) >= 11 is 0. The zero-order chi connectivity index (χ0) is 20.2. The number of nitrogens with one attached hydrogen (secondary N) is 2. The summed E-state index contributed by atoms with van der Waals surface area (Å²) in [4.78, 5) is 36.1. The summed E-state index contributed by atoms with van der Waals surface area (Å²) in [5.41, 5.74) is 0.697. The van der Waals surface area contributed by atoms with E-state index in [9.17, 15) is 18.8 Å². The number of hydrogen-bond acceptors (Lipinski definition) is 4. The van der Waals surface area contributed by atoms with Gasteiger partial charge in [-0.3, -0.25) is 9.59 Å². The molecule has 150 valence electrons. The second-order valence-electron chi connectivity index (χ2n) is 6.52. The molecule has 0 aliphatic rings. The highest BCUT2D eigenvalue weighted by molar-refractivity contribution is 5.90. The minimum absolute atomic E-state index is 0.190. The summed E-state index contributed by atoms with van der Waals surface area (Å²) in [6.07, 6.45) is 4.54. The van der Waals surface area contributed by atoms with Crippen LogP contribution in [0.5, 0.6) is 0 Å². The van der Waals surface area contributed by atoms with E-state index in [1.807, 2.05) is 0 Å². The molecule has 0 aliphatic heterocycles. The van der Waals surface area contributed by atoms with E-state index in [2.05, 4.69) is 17.6 Å². The van der Waals surface area contributed by atoms with Crippen molar-refractivity contribution in [3.8, 4) is 0 Å². The molecule has 1 aromatic carbocycles. The molecule has 0 saturated heterocycles. The van der Waals surface area contributed by atoms with Gasteiger partial charge in [0.25, 0.3) is 0 Å². The molecule has 2 N–H and O–H groups in total. The highest BCUT2D eigenvalue weighted by Gasteiger charge is 2.26. The lowest BCUT2D eigenvalue weighted by Crippen LogP contribution is -2.52. The number of rotatable bonds is 11. The third-order valence-electron chi connectivity index (χ3n) is 4.20. The van der Waals surface area contributed by atoms with Crippen molar-refractivity contribution in [2.24, 2.45) is 0 Å². The molecule has 6 nitrogen and oxygen atoms in total. The SMILES string of the molecule is CCCCCC[C@H](NC(=O)[C@@H](Cc1ccc(F)cc1)NC(C)=O)C(=O)OC. The summed E-state index contributed by atoms with van der Waals surface area (Å²) < 4.78 is 17.8. The van der Waals surface area contributed by atoms with E-state index in [0.29, 0.717) is 12.0 Å². The van der Waals surface area contributed by atoms with Crippen LogP contribution in [0.15, 0.2) is 24.3 Å². The number of hydrogen-bond donors (Lipinski definition) is 2. The van der Waals surface area contributed by atoms with Crippen LogP contribution < -0.4 is 10.6 Å². The second kappa shape index (κ2) is 12.0. The Bertz CT molecular complexity index is 619. The van der Waals surface area contributed by atoms with Gasteiger partial charge in [-0.25, -0.2) is 9.18 Å². The van der Waals surface area contributed by atoms with Gasteiger partial charge >= 0.3 is 5.97 Å². The number of carbonyl (C=O) groups is 3. The minimum atomic E-state index is -0.865. The van der Waals surface area contributed by atoms with Crippen LogP contribution in [0.25, 0.3) is 0 Å². The van der Waals surface area contributed by atoms with E-state index in [1.54, 1.807) is 12.1 Å². The average molecular weight is 380 g/mol. The second-order valence-corrected chi connectivity index (χ2v) is 6.52. The number of carbonyl (C=O) groups excluding carboxylic acids is 3. The van der Waals surface area contributed by atoms with Crippen LogP contribution in [0.1, 0.15) is 51.5 Å². The Morgan fingerprint density at radius 2 is 1.70 bits per heavy atom. The van der Waals surface area contributed by atoms with Crippen molar-refractivity contribution in [2.75, 3.05) is 7.11 Å². The van der Waals surface area contributed by atoms with E-state index in [0.717, 1.165) is 25.7 Å². The fraction of sp³-hybridized carbons (Fsp3) is 0.550. The van der Waals surface area contributed by atoms with Gasteiger partial charge in [0.1, 0.15) is 17.9 Å². The summed E-state index contributed by atoms with van der Waals surface area (Å²) in [6, 6.07) is 4.08. The first-order chi connectivity index (χ1) is 12.9. The molecule has 0 heterocycles. The third-order valence-corrected chi connectivity index (χ3v) is 4.20. The van der Waals surface area contributed by atoms with Crippen LogP contribution in [-0.2, 0) is 25.5 Å². The molecular formula is C20H29FN2O4. The first-order valence-corrected chi connectivity index (χ1v) is 9.27. The highest BCUT2D eigenvalue weighted by atomic mass is 19.1. The molecule has 1 aromatic rings. The summed E-state index contributed by atoms with van der Waals surface area (Å²) in [5, 5.41) is 5.26. The number of amides is 2. The highest BCUT2D eigenvalue weighted by Crippen LogP contribution is 2.09. The Hall–Kier alpha value is -2.44. The molecule has 2 amide bonds. The monoisotopic (exact) mass is 380 g/mol. The Labute approximate surface area is 159 Å². The van der Waals surface area contributed by atoms with Crippen molar-refractivity contribution in [3.63, 3.8) is 0 Å². The van der Waals surface area contributed by atoms with Gasteiger partial charge in [0.15, 0.2) is 0 Å². The van der Waals surface area contributed by atoms with E-state index in [-0.39, 0.29) is 18.1 Å². The Kier molecular flexibility index (Phi) is 10.1. The number of ether oxygens (including phenoxy) is 1. The molecule has 0 unspecified atom stereocenters. The van der Waals surface area contributed by atoms with E-state index >= 15 is 0 Å². The fourth-order valence-electron chi connectivity index (χ4n) is 2.75. The number of methoxy groups -OCH3 is 1. The van der Waals surface area contributed by atoms with Crippen molar-refractivity contribution in [3.05, 3.63) is 35.6 Å². The van der Waals surface area contributed by atoms with Crippen LogP contribution in [0, 0.1) is 5.82 Å². The standard InChI is InChI=1S/C20H29FN2O4/c1-4-5-6-7-8-17(20(26)27-3)23-19(25)18(22-14(2)24)13-15-9-11-16(21)12-10-15/h9-12,17-18H,4-8,13H2,1-3H3,(H,22,24)(H,23,25)/t17-,18+/m0/s1. The Balaban J connectivity index is 2.79. The van der Waals surface area contributed by atoms with Gasteiger partial charge in [-0.05, 0) is 24.1 Å². The zero-order valence-electron chi connectivity index (χ0n) is 16.2. The first kappa shape index (κ1) is 22.6. The van der Waals surface area contributed by atoms with E-state index in [4.69, 9.17) is 4.74 Å². The van der Waals surface area contributed by atoms with E-state index < -0.39 is 24.0 Å². The van der Waals surface area contributed by atoms with E-state index in [1.165, 1.54) is 26.2 Å². The quantitative estimate of drug-likeness (QED) is 0.456. The van der Waals surface area contributed by atoms with Gasteiger partial charge in [-0.15, -0.1) is 0 Å². The van der Waals surface area contributed by atoms with Crippen molar-refractivity contribution in [1.29, 1.82) is 0 Å². The smallest absolute Gasteiger partial charge is 0.328 e. The van der Waals surface area contributed by atoms with Gasteiger partial charge in [0.05, 0.1) is 7.11 Å². The maximum absolute atomic E-state index is 13.1. The summed E-state index contributed by atoms with van der Waals surface area (Å²) in [5.74, 6) is -1.73. The fourth-order valence-corrected chi connectivity index (χ4v) is 2.75. The molecule has 0 aromatic heterocycles. The summed E-state index contributed by atoms with van der Waals surface area (Å²) in [7, 11) is 1.28. The normalized spacial score (nSPS) is 12.7. The molecule has 0 radical (unpaired) electrons. The van der Waals surface area contributed by atoms with Gasteiger partial charge in [0.2, 0.25) is 11.8 Å². The summed E-state index contributed by atoms with van der Waals surface area (Å²) in [6.45, 7) is 3.40. The lowest BCUT2D eigenvalue weighted by atomic mass is 10.0. The third kappa shape index (κ3) is 8.66. The number of halogens is 1. The van der Waals surface area contributed by atoms with Gasteiger partial charge in [-0.2, -0.15) is 0 Å². The maximum Gasteiger partial charge on any atom is 0.328 e.